The number of carbonyl (C=O) groups excluding carboxylic acids is 1. The summed E-state index contributed by atoms with van der Waals surface area (Å²) in [4.78, 5) is 11.8. The van der Waals surface area contributed by atoms with Gasteiger partial charge in [0.15, 0.2) is 0 Å². The number of urea groups is 1. The molecule has 7 nitrogen and oxygen atoms in total. The number of hydrogen-bond acceptors (Lipinski definition) is 7. The molecule has 2 aromatic rings. The van der Waals surface area contributed by atoms with Crippen molar-refractivity contribution in [3.8, 4) is 0 Å². The van der Waals surface area contributed by atoms with Crippen LogP contribution >= 0.6 is 22.7 Å². The zero-order valence-corrected chi connectivity index (χ0v) is 13.0. The van der Waals surface area contributed by atoms with Gasteiger partial charge < -0.3 is 0 Å². The van der Waals surface area contributed by atoms with Gasteiger partial charge in [0.05, 0.1) is 0 Å². The van der Waals surface area contributed by atoms with Crippen molar-refractivity contribution in [3.63, 3.8) is 0 Å². The Kier molecular flexibility index (Phi) is 5.36. The number of nitrogens with zero attached hydrogens (tertiary/aromatic N) is 4. The van der Waals surface area contributed by atoms with E-state index in [1.165, 1.54) is 22.7 Å². The van der Waals surface area contributed by atoms with Crippen molar-refractivity contribution in [1.29, 1.82) is 0 Å². The first kappa shape index (κ1) is 14.8. The largest absolute Gasteiger partial charge is 0.327 e. The molecule has 108 valence electrons. The number of anilines is 2. The van der Waals surface area contributed by atoms with Gasteiger partial charge >= 0.3 is 6.03 Å². The highest BCUT2D eigenvalue weighted by atomic mass is 32.1. The molecule has 0 radical (unpaired) electrons. The SMILES string of the molecule is CCCc1nnc(NC(=O)Nc2nnc(CCC)s2)s1. The Balaban J connectivity index is 1.87. The lowest BCUT2D eigenvalue weighted by molar-refractivity contribution is 0.262. The molecule has 9 heteroatoms. The highest BCUT2D eigenvalue weighted by Crippen LogP contribution is 2.19. The molecule has 2 amide bonds. The summed E-state index contributed by atoms with van der Waals surface area (Å²) in [6.07, 6.45) is 3.76. The monoisotopic (exact) mass is 312 g/mol. The standard InChI is InChI=1S/C11H16N6OS2/c1-3-5-7-14-16-10(19-7)12-9(18)13-11-17-15-8(20-11)6-4-2/h3-6H2,1-2H3,(H2,12,13,16,17,18). The molecular formula is C11H16N6OS2. The van der Waals surface area contributed by atoms with Crippen LogP contribution in [0.2, 0.25) is 0 Å². The van der Waals surface area contributed by atoms with Crippen molar-refractivity contribution >= 4 is 39.0 Å². The lowest BCUT2D eigenvalue weighted by Crippen LogP contribution is -2.19. The highest BCUT2D eigenvalue weighted by Gasteiger charge is 2.10. The second kappa shape index (κ2) is 7.25. The number of nitrogens with one attached hydrogen (secondary N) is 2. The van der Waals surface area contributed by atoms with Gasteiger partial charge in [-0.3, -0.25) is 10.6 Å². The molecule has 0 aliphatic heterocycles. The molecule has 0 aliphatic carbocycles. The zero-order chi connectivity index (χ0) is 14.4. The Morgan fingerprint density at radius 3 is 1.75 bits per heavy atom. The Morgan fingerprint density at radius 2 is 1.35 bits per heavy atom. The van der Waals surface area contributed by atoms with Crippen LogP contribution in [0.4, 0.5) is 15.1 Å². The summed E-state index contributed by atoms with van der Waals surface area (Å²) in [5.41, 5.74) is 0. The molecule has 2 rings (SSSR count). The van der Waals surface area contributed by atoms with Gasteiger partial charge in [0.2, 0.25) is 10.3 Å². The van der Waals surface area contributed by atoms with Crippen molar-refractivity contribution < 1.29 is 4.79 Å². The molecule has 0 unspecified atom stereocenters. The smallest absolute Gasteiger partial charge is 0.282 e. The van der Waals surface area contributed by atoms with E-state index < -0.39 is 0 Å². The van der Waals surface area contributed by atoms with Crippen molar-refractivity contribution in [2.75, 3.05) is 10.6 Å². The maximum atomic E-state index is 11.8. The van der Waals surface area contributed by atoms with Gasteiger partial charge in [-0.25, -0.2) is 4.79 Å². The summed E-state index contributed by atoms with van der Waals surface area (Å²) >= 11 is 2.77. The van der Waals surface area contributed by atoms with E-state index in [1.54, 1.807) is 0 Å². The molecule has 0 atom stereocenters. The molecule has 0 saturated carbocycles. The molecular weight excluding hydrogens is 296 g/mol. The molecule has 0 aromatic carbocycles. The van der Waals surface area contributed by atoms with E-state index in [2.05, 4.69) is 44.9 Å². The van der Waals surface area contributed by atoms with Gasteiger partial charge in [-0.2, -0.15) is 0 Å². The lowest BCUT2D eigenvalue weighted by Gasteiger charge is -1.99. The number of rotatable bonds is 6. The molecule has 0 aliphatic rings. The summed E-state index contributed by atoms with van der Waals surface area (Å²) in [5, 5.41) is 23.9. The predicted molar refractivity (Wildman–Crippen MR) is 80.4 cm³/mol. The second-order valence-corrected chi connectivity index (χ2v) is 6.21. The third-order valence-corrected chi connectivity index (χ3v) is 4.10. The molecule has 20 heavy (non-hydrogen) atoms. The zero-order valence-electron chi connectivity index (χ0n) is 11.3. The van der Waals surface area contributed by atoms with E-state index in [4.69, 9.17) is 0 Å². The minimum absolute atomic E-state index is 0.372. The Bertz CT molecular complexity index is 519. The van der Waals surface area contributed by atoms with Crippen LogP contribution in [0.3, 0.4) is 0 Å². The topological polar surface area (TPSA) is 92.7 Å². The van der Waals surface area contributed by atoms with E-state index in [1.807, 2.05) is 0 Å². The number of carbonyl (C=O) groups is 1. The van der Waals surface area contributed by atoms with Crippen LogP contribution in [0, 0.1) is 0 Å². The molecule has 2 N–H and O–H groups in total. The molecule has 2 aromatic heterocycles. The molecule has 0 saturated heterocycles. The van der Waals surface area contributed by atoms with E-state index in [-0.39, 0.29) is 6.03 Å². The van der Waals surface area contributed by atoms with Crippen LogP contribution in [0.25, 0.3) is 0 Å². The number of amides is 2. The average molecular weight is 312 g/mol. The fourth-order valence-corrected chi connectivity index (χ4v) is 3.14. The normalized spacial score (nSPS) is 10.5. The summed E-state index contributed by atoms with van der Waals surface area (Å²) in [7, 11) is 0. The van der Waals surface area contributed by atoms with Crippen molar-refractivity contribution in [3.05, 3.63) is 10.0 Å². The van der Waals surface area contributed by atoms with Gasteiger partial charge in [-0.15, -0.1) is 20.4 Å². The second-order valence-electron chi connectivity index (χ2n) is 4.08. The van der Waals surface area contributed by atoms with Crippen LogP contribution in [0.5, 0.6) is 0 Å². The van der Waals surface area contributed by atoms with Crippen LogP contribution in [-0.2, 0) is 12.8 Å². The van der Waals surface area contributed by atoms with Gasteiger partial charge in [0, 0.05) is 12.8 Å². The predicted octanol–water partition coefficient (Wildman–Crippen LogP) is 2.94. The summed E-state index contributed by atoms with van der Waals surface area (Å²) in [6.45, 7) is 4.15. The number of aromatic nitrogens is 4. The van der Waals surface area contributed by atoms with Crippen LogP contribution < -0.4 is 10.6 Å². The highest BCUT2D eigenvalue weighted by molar-refractivity contribution is 7.16. The van der Waals surface area contributed by atoms with E-state index in [0.717, 1.165) is 35.7 Å². The minimum Gasteiger partial charge on any atom is -0.282 e. The van der Waals surface area contributed by atoms with Gasteiger partial charge in [-0.05, 0) is 12.8 Å². The van der Waals surface area contributed by atoms with Crippen LogP contribution in [-0.4, -0.2) is 26.4 Å². The lowest BCUT2D eigenvalue weighted by atomic mass is 10.4. The average Bonchev–Trinajstić information content (AvgIpc) is 3.00. The van der Waals surface area contributed by atoms with Crippen LogP contribution in [0.15, 0.2) is 0 Å². The maximum Gasteiger partial charge on any atom is 0.327 e. The quantitative estimate of drug-likeness (QED) is 0.855. The molecule has 0 spiro atoms. The Hall–Kier alpha value is -1.61. The first-order valence-electron chi connectivity index (χ1n) is 6.44. The van der Waals surface area contributed by atoms with Gasteiger partial charge in [-0.1, -0.05) is 36.5 Å². The number of aryl methyl sites for hydroxylation is 2. The fourth-order valence-electron chi connectivity index (χ4n) is 1.46. The summed E-state index contributed by atoms with van der Waals surface area (Å²) in [5.74, 6) is 0. The molecule has 0 bridgehead atoms. The summed E-state index contributed by atoms with van der Waals surface area (Å²) < 4.78 is 0. The third kappa shape index (κ3) is 4.20. The van der Waals surface area contributed by atoms with Crippen molar-refractivity contribution in [1.82, 2.24) is 20.4 Å². The van der Waals surface area contributed by atoms with Gasteiger partial charge in [0.25, 0.3) is 0 Å². The van der Waals surface area contributed by atoms with E-state index >= 15 is 0 Å². The van der Waals surface area contributed by atoms with Gasteiger partial charge in [0.1, 0.15) is 10.0 Å². The number of hydrogen-bond donors (Lipinski definition) is 2. The maximum absolute atomic E-state index is 11.8. The first-order chi connectivity index (χ1) is 9.71. The van der Waals surface area contributed by atoms with Crippen molar-refractivity contribution in [2.24, 2.45) is 0 Å². The molecule has 0 fully saturated rings. The minimum atomic E-state index is -0.372. The Morgan fingerprint density at radius 1 is 0.900 bits per heavy atom. The third-order valence-electron chi connectivity index (χ3n) is 2.30. The summed E-state index contributed by atoms with van der Waals surface area (Å²) in [6, 6.07) is -0.372. The Labute approximate surface area is 124 Å². The van der Waals surface area contributed by atoms with Crippen molar-refractivity contribution in [2.45, 2.75) is 39.5 Å². The fraction of sp³-hybridized carbons (Fsp3) is 0.545. The van der Waals surface area contributed by atoms with E-state index in [0.29, 0.717) is 10.3 Å². The molecule has 2 heterocycles. The van der Waals surface area contributed by atoms with E-state index in [9.17, 15) is 4.79 Å². The van der Waals surface area contributed by atoms with Crippen LogP contribution in [0.1, 0.15) is 36.7 Å². The first-order valence-corrected chi connectivity index (χ1v) is 8.07.